The van der Waals surface area contributed by atoms with Crippen LogP contribution in [0.4, 0.5) is 4.39 Å². The average Bonchev–Trinajstić information content (AvgIpc) is 3.23. The van der Waals surface area contributed by atoms with Crippen molar-refractivity contribution in [3.63, 3.8) is 0 Å². The number of nitrogens with zero attached hydrogens (tertiary/aromatic N) is 4. The lowest BCUT2D eigenvalue weighted by atomic mass is 10.1. The Kier molecular flexibility index (Phi) is 7.61. The van der Waals surface area contributed by atoms with Crippen molar-refractivity contribution in [1.82, 2.24) is 14.8 Å². The lowest BCUT2D eigenvalue weighted by Crippen LogP contribution is -2.11. The molecule has 0 unspecified atom stereocenters. The minimum Gasteiger partial charge on any atom is -0.497 e. The highest BCUT2D eigenvalue weighted by Gasteiger charge is 2.24. The summed E-state index contributed by atoms with van der Waals surface area (Å²) in [6, 6.07) is 20.8. The van der Waals surface area contributed by atoms with Crippen LogP contribution in [-0.2, 0) is 6.61 Å². The molecule has 0 aliphatic carbocycles. The molecule has 0 bridgehead atoms. The topological polar surface area (TPSA) is 92.3 Å². The van der Waals surface area contributed by atoms with E-state index < -0.39 is 5.25 Å². The summed E-state index contributed by atoms with van der Waals surface area (Å²) in [6.07, 6.45) is 0. The monoisotopic (exact) mass is 494 g/mol. The van der Waals surface area contributed by atoms with Crippen LogP contribution in [0.15, 0.2) is 78.0 Å². The summed E-state index contributed by atoms with van der Waals surface area (Å²) in [6.45, 7) is 1.61. The molecule has 0 fully saturated rings. The normalized spacial score (nSPS) is 11.7. The third kappa shape index (κ3) is 5.96. The summed E-state index contributed by atoms with van der Waals surface area (Å²) < 4.78 is 26.6. The maximum Gasteiger partial charge on any atom is 0.220 e. The van der Waals surface area contributed by atoms with Crippen LogP contribution in [0.5, 0.6) is 11.5 Å². The van der Waals surface area contributed by atoms with Crippen LogP contribution in [0.25, 0.3) is 5.69 Å². The van der Waals surface area contributed by atoms with E-state index in [0.717, 1.165) is 17.0 Å². The predicted octanol–water partition coefficient (Wildman–Crippen LogP) is 5.41. The molecule has 0 spiro atoms. The summed E-state index contributed by atoms with van der Waals surface area (Å²) in [5.41, 5.74) is 2.02. The van der Waals surface area contributed by atoms with E-state index in [2.05, 4.69) is 10.2 Å². The Morgan fingerprint density at radius 1 is 1.03 bits per heavy atom. The number of ether oxygens (including phenoxy) is 2. The first kappa shape index (κ1) is 24.2. The fraction of sp³-hybridized carbons (Fsp3) is 0.200. The lowest BCUT2D eigenvalue weighted by molar-refractivity contribution is -0.479. The SMILES string of the molecule is COc1ccc(-n2c(C)nnc2S[C@H](C[N+](=O)[O-])c2ccc(OCc3ccccc3F)cc2)cc1. The molecule has 0 aliphatic heterocycles. The predicted molar refractivity (Wildman–Crippen MR) is 130 cm³/mol. The number of methoxy groups -OCH3 is 1. The smallest absolute Gasteiger partial charge is 0.220 e. The van der Waals surface area contributed by atoms with Crippen molar-refractivity contribution < 1.29 is 18.8 Å². The van der Waals surface area contributed by atoms with Crippen molar-refractivity contribution in [3.8, 4) is 17.2 Å². The van der Waals surface area contributed by atoms with Gasteiger partial charge in [0.05, 0.1) is 7.11 Å². The quantitative estimate of drug-likeness (QED) is 0.165. The van der Waals surface area contributed by atoms with E-state index >= 15 is 0 Å². The van der Waals surface area contributed by atoms with E-state index in [1.54, 1.807) is 49.6 Å². The maximum atomic E-state index is 13.8. The number of benzene rings is 3. The molecule has 4 rings (SSSR count). The summed E-state index contributed by atoms with van der Waals surface area (Å²) >= 11 is 1.27. The largest absolute Gasteiger partial charge is 0.497 e. The van der Waals surface area contributed by atoms with Gasteiger partial charge in [0.25, 0.3) is 0 Å². The van der Waals surface area contributed by atoms with Gasteiger partial charge < -0.3 is 9.47 Å². The molecule has 1 aromatic heterocycles. The van der Waals surface area contributed by atoms with Crippen LogP contribution in [0, 0.1) is 22.9 Å². The van der Waals surface area contributed by atoms with Gasteiger partial charge in [-0.05, 0) is 55.0 Å². The molecule has 10 heteroatoms. The molecule has 0 saturated carbocycles. The summed E-state index contributed by atoms with van der Waals surface area (Å²) in [5.74, 6) is 1.59. The molecular formula is C25H23FN4O4S. The van der Waals surface area contributed by atoms with Gasteiger partial charge in [-0.3, -0.25) is 14.7 Å². The van der Waals surface area contributed by atoms with Gasteiger partial charge in [0, 0.05) is 16.2 Å². The van der Waals surface area contributed by atoms with Gasteiger partial charge >= 0.3 is 0 Å². The van der Waals surface area contributed by atoms with Crippen LogP contribution in [-0.4, -0.2) is 33.3 Å². The molecule has 180 valence electrons. The highest BCUT2D eigenvalue weighted by Crippen LogP contribution is 2.36. The fourth-order valence-corrected chi connectivity index (χ4v) is 4.65. The second kappa shape index (κ2) is 11.0. The molecule has 0 amide bonds. The molecule has 3 aromatic carbocycles. The Balaban J connectivity index is 1.53. The number of hydrogen-bond donors (Lipinski definition) is 0. The van der Waals surface area contributed by atoms with Gasteiger partial charge in [-0.25, -0.2) is 4.39 Å². The second-order valence-corrected chi connectivity index (χ2v) is 8.80. The number of hydrogen-bond acceptors (Lipinski definition) is 7. The molecule has 35 heavy (non-hydrogen) atoms. The number of aromatic nitrogens is 3. The van der Waals surface area contributed by atoms with Gasteiger partial charge in [0.15, 0.2) is 5.16 Å². The van der Waals surface area contributed by atoms with E-state index in [1.165, 1.54) is 17.8 Å². The van der Waals surface area contributed by atoms with Crippen LogP contribution < -0.4 is 9.47 Å². The van der Waals surface area contributed by atoms with Crippen LogP contribution in [0.2, 0.25) is 0 Å². The van der Waals surface area contributed by atoms with Crippen molar-refractivity contribution in [2.24, 2.45) is 0 Å². The third-order valence-corrected chi connectivity index (χ3v) is 6.47. The minimum absolute atomic E-state index is 0.0866. The van der Waals surface area contributed by atoms with E-state index in [4.69, 9.17) is 9.47 Å². The van der Waals surface area contributed by atoms with Gasteiger partial charge in [0.1, 0.15) is 35.0 Å². The number of rotatable bonds is 10. The Morgan fingerprint density at radius 2 is 1.71 bits per heavy atom. The van der Waals surface area contributed by atoms with E-state index in [1.807, 2.05) is 35.8 Å². The highest BCUT2D eigenvalue weighted by molar-refractivity contribution is 7.99. The van der Waals surface area contributed by atoms with Crippen molar-refractivity contribution in [3.05, 3.63) is 106 Å². The van der Waals surface area contributed by atoms with Crippen LogP contribution in [0.1, 0.15) is 22.2 Å². The number of halogens is 1. The van der Waals surface area contributed by atoms with Crippen LogP contribution in [0.3, 0.4) is 0 Å². The number of nitro groups is 1. The zero-order chi connectivity index (χ0) is 24.8. The fourth-order valence-electron chi connectivity index (χ4n) is 3.48. The van der Waals surface area contributed by atoms with Crippen LogP contribution >= 0.6 is 11.8 Å². The Labute approximate surface area is 205 Å². The molecule has 0 N–H and O–H groups in total. The molecule has 0 radical (unpaired) electrons. The van der Waals surface area contributed by atoms with E-state index in [-0.39, 0.29) is 23.9 Å². The first-order valence-corrected chi connectivity index (χ1v) is 11.6. The average molecular weight is 495 g/mol. The molecule has 0 aliphatic rings. The zero-order valence-corrected chi connectivity index (χ0v) is 19.9. The summed E-state index contributed by atoms with van der Waals surface area (Å²) in [7, 11) is 1.60. The van der Waals surface area contributed by atoms with Gasteiger partial charge in [0.2, 0.25) is 6.54 Å². The summed E-state index contributed by atoms with van der Waals surface area (Å²) in [5, 5.41) is 19.9. The molecule has 1 atom stereocenters. The second-order valence-electron chi connectivity index (χ2n) is 7.63. The Morgan fingerprint density at radius 3 is 2.37 bits per heavy atom. The minimum atomic E-state index is -0.508. The van der Waals surface area contributed by atoms with E-state index in [0.29, 0.717) is 22.3 Å². The molecule has 8 nitrogen and oxygen atoms in total. The van der Waals surface area contributed by atoms with Crippen molar-refractivity contribution in [2.75, 3.05) is 13.7 Å². The highest BCUT2D eigenvalue weighted by atomic mass is 32.2. The maximum absolute atomic E-state index is 13.8. The molecular weight excluding hydrogens is 471 g/mol. The van der Waals surface area contributed by atoms with Gasteiger partial charge in [-0.15, -0.1) is 10.2 Å². The lowest BCUT2D eigenvalue weighted by Gasteiger charge is -2.15. The van der Waals surface area contributed by atoms with Gasteiger partial charge in [-0.1, -0.05) is 42.1 Å². The Bertz CT molecular complexity index is 1300. The number of aryl methyl sites for hydroxylation is 1. The standard InChI is InChI=1S/C25H23FN4O4S/c1-17-27-28-25(30(17)20-9-13-21(33-2)14-10-20)35-24(15-29(31)32)18-7-11-22(12-8-18)34-16-19-5-3-4-6-23(19)26/h3-14,24H,15-16H2,1-2H3/t24-/m1/s1. The van der Waals surface area contributed by atoms with E-state index in [9.17, 15) is 14.5 Å². The van der Waals surface area contributed by atoms with Crippen molar-refractivity contribution in [2.45, 2.75) is 23.9 Å². The first-order valence-electron chi connectivity index (χ1n) is 10.8. The number of thioether (sulfide) groups is 1. The first-order chi connectivity index (χ1) is 16.9. The molecule has 4 aromatic rings. The molecule has 1 heterocycles. The Hall–Kier alpha value is -3.92. The van der Waals surface area contributed by atoms with Gasteiger partial charge in [-0.2, -0.15) is 0 Å². The zero-order valence-electron chi connectivity index (χ0n) is 19.1. The molecule has 0 saturated heterocycles. The third-order valence-electron chi connectivity index (χ3n) is 5.29. The summed E-state index contributed by atoms with van der Waals surface area (Å²) in [4.78, 5) is 11.1. The van der Waals surface area contributed by atoms with Crippen molar-refractivity contribution >= 4 is 11.8 Å². The van der Waals surface area contributed by atoms with Crippen molar-refractivity contribution in [1.29, 1.82) is 0 Å².